The van der Waals surface area contributed by atoms with E-state index in [4.69, 9.17) is 4.98 Å². The molecule has 1 aromatic heterocycles. The number of aromatic nitrogens is 1. The van der Waals surface area contributed by atoms with Crippen molar-refractivity contribution in [2.24, 2.45) is 5.41 Å². The van der Waals surface area contributed by atoms with E-state index in [-0.39, 0.29) is 11.0 Å². The summed E-state index contributed by atoms with van der Waals surface area (Å²) in [5, 5.41) is 3.48. The van der Waals surface area contributed by atoms with Crippen molar-refractivity contribution in [3.8, 4) is 0 Å². The third-order valence-corrected chi connectivity index (χ3v) is 3.79. The van der Waals surface area contributed by atoms with Crippen LogP contribution in [-0.4, -0.2) is 23.6 Å². The molecule has 3 nitrogen and oxygen atoms in total. The molecule has 0 fully saturated rings. The molecule has 0 aliphatic heterocycles. The molecule has 114 valence electrons. The van der Waals surface area contributed by atoms with Crippen LogP contribution in [0.5, 0.6) is 0 Å². The van der Waals surface area contributed by atoms with E-state index in [1.54, 1.807) is 0 Å². The van der Waals surface area contributed by atoms with Gasteiger partial charge in [-0.25, -0.2) is 4.98 Å². The highest BCUT2D eigenvalue weighted by molar-refractivity contribution is 5.39. The lowest BCUT2D eigenvalue weighted by Gasteiger charge is -2.36. The van der Waals surface area contributed by atoms with Gasteiger partial charge in [0, 0.05) is 25.2 Å². The average molecular weight is 277 g/mol. The highest BCUT2D eigenvalue weighted by Gasteiger charge is 2.24. The van der Waals surface area contributed by atoms with Gasteiger partial charge in [0.1, 0.15) is 5.82 Å². The Hall–Kier alpha value is -1.09. The van der Waals surface area contributed by atoms with Crippen LogP contribution in [-0.2, 0) is 6.54 Å². The van der Waals surface area contributed by atoms with Gasteiger partial charge >= 0.3 is 0 Å². The molecule has 0 aliphatic rings. The second-order valence-electron chi connectivity index (χ2n) is 7.74. The molecule has 1 rings (SSSR count). The number of pyridine rings is 1. The zero-order chi connectivity index (χ0) is 15.6. The smallest absolute Gasteiger partial charge is 0.128 e. The molecule has 3 heteroatoms. The highest BCUT2D eigenvalue weighted by Crippen LogP contribution is 2.26. The SMILES string of the molecule is CC(N(C)c1cccc(CNC(C)(C)C)n1)C(C)(C)C. The Morgan fingerprint density at radius 3 is 2.25 bits per heavy atom. The molecule has 0 saturated heterocycles. The fraction of sp³-hybridized carbons (Fsp3) is 0.706. The first kappa shape index (κ1) is 17.0. The molecule has 1 unspecified atom stereocenters. The summed E-state index contributed by atoms with van der Waals surface area (Å²) in [5.41, 5.74) is 1.43. The van der Waals surface area contributed by atoms with E-state index in [0.717, 1.165) is 18.1 Å². The van der Waals surface area contributed by atoms with Crippen LogP contribution >= 0.6 is 0 Å². The largest absolute Gasteiger partial charge is 0.356 e. The van der Waals surface area contributed by atoms with Gasteiger partial charge in [-0.1, -0.05) is 26.8 Å². The van der Waals surface area contributed by atoms with E-state index in [2.05, 4.69) is 83.9 Å². The number of hydrogen-bond acceptors (Lipinski definition) is 3. The van der Waals surface area contributed by atoms with Gasteiger partial charge in [0.25, 0.3) is 0 Å². The predicted molar refractivity (Wildman–Crippen MR) is 88.1 cm³/mol. The van der Waals surface area contributed by atoms with Gasteiger partial charge in [0.2, 0.25) is 0 Å². The Balaban J connectivity index is 2.82. The first-order valence-electron chi connectivity index (χ1n) is 7.44. The van der Waals surface area contributed by atoms with Crippen LogP contribution in [0, 0.1) is 5.41 Å². The van der Waals surface area contributed by atoms with Crippen LogP contribution in [0.4, 0.5) is 5.82 Å². The number of rotatable bonds is 4. The monoisotopic (exact) mass is 277 g/mol. The predicted octanol–water partition coefficient (Wildman–Crippen LogP) is 3.84. The van der Waals surface area contributed by atoms with Crippen LogP contribution < -0.4 is 10.2 Å². The Morgan fingerprint density at radius 1 is 1.15 bits per heavy atom. The summed E-state index contributed by atoms with van der Waals surface area (Å²) in [7, 11) is 2.12. The van der Waals surface area contributed by atoms with Gasteiger partial charge in [-0.2, -0.15) is 0 Å². The van der Waals surface area contributed by atoms with Gasteiger partial charge in [0.05, 0.1) is 5.69 Å². The van der Waals surface area contributed by atoms with Gasteiger partial charge in [-0.3, -0.25) is 0 Å². The Labute approximate surface area is 124 Å². The van der Waals surface area contributed by atoms with Crippen molar-refractivity contribution in [1.82, 2.24) is 10.3 Å². The third kappa shape index (κ3) is 5.12. The first-order valence-corrected chi connectivity index (χ1v) is 7.44. The van der Waals surface area contributed by atoms with E-state index in [9.17, 15) is 0 Å². The fourth-order valence-electron chi connectivity index (χ4n) is 1.90. The molecule has 0 bridgehead atoms. The maximum Gasteiger partial charge on any atom is 0.128 e. The van der Waals surface area contributed by atoms with Gasteiger partial charge in [-0.05, 0) is 45.2 Å². The van der Waals surface area contributed by atoms with Gasteiger partial charge in [-0.15, -0.1) is 0 Å². The molecule has 0 radical (unpaired) electrons. The van der Waals surface area contributed by atoms with Gasteiger partial charge in [0.15, 0.2) is 0 Å². The Morgan fingerprint density at radius 2 is 1.75 bits per heavy atom. The average Bonchev–Trinajstić information content (AvgIpc) is 2.33. The van der Waals surface area contributed by atoms with Crippen LogP contribution in [0.2, 0.25) is 0 Å². The lowest BCUT2D eigenvalue weighted by Crippen LogP contribution is -2.40. The Kier molecular flexibility index (Phi) is 5.20. The van der Waals surface area contributed by atoms with Crippen molar-refractivity contribution in [2.45, 2.75) is 66.6 Å². The standard InChI is InChI=1S/C17H31N3/c1-13(16(2,3)4)20(8)15-11-9-10-14(19-15)12-18-17(5,6)7/h9-11,13,18H,12H2,1-8H3. The van der Waals surface area contributed by atoms with Crippen LogP contribution in [0.25, 0.3) is 0 Å². The van der Waals surface area contributed by atoms with Crippen molar-refractivity contribution < 1.29 is 0 Å². The van der Waals surface area contributed by atoms with Crippen LogP contribution in [0.15, 0.2) is 18.2 Å². The topological polar surface area (TPSA) is 28.2 Å². The van der Waals surface area contributed by atoms with Crippen molar-refractivity contribution in [3.05, 3.63) is 23.9 Å². The van der Waals surface area contributed by atoms with Crippen LogP contribution in [0.3, 0.4) is 0 Å². The second-order valence-corrected chi connectivity index (χ2v) is 7.74. The molecule has 0 saturated carbocycles. The molecule has 1 atom stereocenters. The third-order valence-electron chi connectivity index (χ3n) is 3.79. The van der Waals surface area contributed by atoms with Crippen molar-refractivity contribution in [3.63, 3.8) is 0 Å². The van der Waals surface area contributed by atoms with E-state index in [1.807, 2.05) is 0 Å². The molecule has 20 heavy (non-hydrogen) atoms. The minimum atomic E-state index is 0.113. The Bertz CT molecular complexity index is 427. The summed E-state index contributed by atoms with van der Waals surface area (Å²) in [6.45, 7) is 16.4. The molecular weight excluding hydrogens is 246 g/mol. The fourth-order valence-corrected chi connectivity index (χ4v) is 1.90. The number of hydrogen-bond donors (Lipinski definition) is 1. The summed E-state index contributed by atoms with van der Waals surface area (Å²) < 4.78 is 0. The summed E-state index contributed by atoms with van der Waals surface area (Å²) in [4.78, 5) is 7.04. The molecule has 1 N–H and O–H groups in total. The number of anilines is 1. The second kappa shape index (κ2) is 6.13. The van der Waals surface area contributed by atoms with E-state index in [0.29, 0.717) is 6.04 Å². The maximum absolute atomic E-state index is 4.77. The molecule has 1 aromatic rings. The van der Waals surface area contributed by atoms with E-state index >= 15 is 0 Å². The summed E-state index contributed by atoms with van der Waals surface area (Å²) in [6.07, 6.45) is 0. The van der Waals surface area contributed by atoms with Crippen molar-refractivity contribution in [2.75, 3.05) is 11.9 Å². The minimum absolute atomic E-state index is 0.113. The summed E-state index contributed by atoms with van der Waals surface area (Å²) >= 11 is 0. The maximum atomic E-state index is 4.77. The van der Waals surface area contributed by atoms with Crippen molar-refractivity contribution >= 4 is 5.82 Å². The molecule has 0 amide bonds. The molecule has 0 aliphatic carbocycles. The van der Waals surface area contributed by atoms with E-state index in [1.165, 1.54) is 0 Å². The minimum Gasteiger partial charge on any atom is -0.356 e. The molecule has 1 heterocycles. The molecular formula is C17H31N3. The number of nitrogens with one attached hydrogen (secondary N) is 1. The van der Waals surface area contributed by atoms with Gasteiger partial charge < -0.3 is 10.2 Å². The quantitative estimate of drug-likeness (QED) is 0.906. The van der Waals surface area contributed by atoms with Crippen molar-refractivity contribution in [1.29, 1.82) is 0 Å². The highest BCUT2D eigenvalue weighted by atomic mass is 15.2. The van der Waals surface area contributed by atoms with Crippen LogP contribution in [0.1, 0.15) is 54.2 Å². The lowest BCUT2D eigenvalue weighted by atomic mass is 9.87. The normalized spacial score (nSPS) is 14.2. The van der Waals surface area contributed by atoms with E-state index < -0.39 is 0 Å². The zero-order valence-electron chi connectivity index (χ0n) is 14.4. The zero-order valence-corrected chi connectivity index (χ0v) is 14.4. The molecule has 0 spiro atoms. The lowest BCUT2D eigenvalue weighted by molar-refractivity contribution is 0.328. The summed E-state index contributed by atoms with van der Waals surface area (Å²) in [6, 6.07) is 6.69. The summed E-state index contributed by atoms with van der Waals surface area (Å²) in [5.74, 6) is 1.04. The first-order chi connectivity index (χ1) is 9.00. The molecule has 0 aromatic carbocycles. The number of nitrogens with zero attached hydrogens (tertiary/aromatic N) is 2.